The summed E-state index contributed by atoms with van der Waals surface area (Å²) in [6.45, 7) is 1.25. The second-order valence-electron chi connectivity index (χ2n) is 6.10. The van der Waals surface area contributed by atoms with Crippen molar-refractivity contribution in [2.24, 2.45) is 0 Å². The lowest BCUT2D eigenvalue weighted by atomic mass is 10.1. The van der Waals surface area contributed by atoms with E-state index in [0.717, 1.165) is 0 Å². The van der Waals surface area contributed by atoms with Crippen molar-refractivity contribution >= 4 is 33.2 Å². The molecule has 2 aromatic rings. The number of hydrogen-bond acceptors (Lipinski definition) is 4. The largest absolute Gasteiger partial charge is 0.282 e. The van der Waals surface area contributed by atoms with Crippen molar-refractivity contribution in [1.82, 2.24) is 9.21 Å². The minimum Gasteiger partial charge on any atom is -0.282 e. The highest BCUT2D eigenvalue weighted by atomic mass is 35.5. The number of sulfonamides is 1. The van der Waals surface area contributed by atoms with Gasteiger partial charge in [0.1, 0.15) is 11.9 Å². The van der Waals surface area contributed by atoms with Gasteiger partial charge in [0.2, 0.25) is 10.0 Å². The fourth-order valence-electron chi connectivity index (χ4n) is 3.00. The monoisotopic (exact) mass is 427 g/mol. The van der Waals surface area contributed by atoms with Gasteiger partial charge in [-0.05, 0) is 35.9 Å². The summed E-state index contributed by atoms with van der Waals surface area (Å²) in [5.74, 6) is -0.368. The van der Waals surface area contributed by atoms with Gasteiger partial charge >= 0.3 is 0 Å². The summed E-state index contributed by atoms with van der Waals surface area (Å²) in [5, 5.41) is 9.98. The van der Waals surface area contributed by atoms with E-state index in [2.05, 4.69) is 6.07 Å². The van der Waals surface area contributed by atoms with Gasteiger partial charge in [0, 0.05) is 26.2 Å². The van der Waals surface area contributed by atoms with E-state index in [9.17, 15) is 18.1 Å². The molecule has 3 rings (SSSR count). The van der Waals surface area contributed by atoms with Gasteiger partial charge in [-0.25, -0.2) is 12.8 Å². The molecule has 2 aromatic carbocycles. The van der Waals surface area contributed by atoms with E-state index in [0.29, 0.717) is 18.7 Å². The van der Waals surface area contributed by atoms with Gasteiger partial charge in [0.15, 0.2) is 0 Å². The second kappa shape index (κ2) is 8.13. The molecule has 0 aromatic heterocycles. The third-order valence-electron chi connectivity index (χ3n) is 4.48. The maximum absolute atomic E-state index is 13.1. The summed E-state index contributed by atoms with van der Waals surface area (Å²) >= 11 is 11.8. The molecule has 0 aliphatic carbocycles. The Morgan fingerprint density at radius 2 is 1.63 bits per heavy atom. The average Bonchev–Trinajstić information content (AvgIpc) is 2.66. The van der Waals surface area contributed by atoms with E-state index in [1.165, 1.54) is 34.6 Å². The maximum atomic E-state index is 13.1. The van der Waals surface area contributed by atoms with E-state index in [1.54, 1.807) is 12.1 Å². The highest BCUT2D eigenvalue weighted by molar-refractivity contribution is 7.89. The number of benzene rings is 2. The molecule has 5 nitrogen and oxygen atoms in total. The summed E-state index contributed by atoms with van der Waals surface area (Å²) in [4.78, 5) is 1.97. The van der Waals surface area contributed by atoms with Crippen LogP contribution in [0.1, 0.15) is 11.6 Å². The fraction of sp³-hybridized carbons (Fsp3) is 0.278. The number of nitrogens with zero attached hydrogens (tertiary/aromatic N) is 3. The molecule has 1 atom stereocenters. The van der Waals surface area contributed by atoms with Crippen LogP contribution in [-0.2, 0) is 10.0 Å². The average molecular weight is 428 g/mol. The van der Waals surface area contributed by atoms with Crippen molar-refractivity contribution in [3.8, 4) is 6.07 Å². The van der Waals surface area contributed by atoms with E-state index in [-0.39, 0.29) is 33.8 Å². The molecule has 27 heavy (non-hydrogen) atoms. The summed E-state index contributed by atoms with van der Waals surface area (Å²) in [5.41, 5.74) is 0.680. The first-order valence-electron chi connectivity index (χ1n) is 8.17. The van der Waals surface area contributed by atoms with Gasteiger partial charge in [-0.3, -0.25) is 4.90 Å². The first-order chi connectivity index (χ1) is 12.8. The quantitative estimate of drug-likeness (QED) is 0.745. The first kappa shape index (κ1) is 20.1. The molecule has 1 aliphatic rings. The van der Waals surface area contributed by atoms with Crippen molar-refractivity contribution in [3.63, 3.8) is 0 Å². The number of halogens is 3. The zero-order valence-corrected chi connectivity index (χ0v) is 16.5. The Kier molecular flexibility index (Phi) is 6.04. The molecule has 0 saturated carbocycles. The molecule has 0 radical (unpaired) electrons. The molecule has 9 heteroatoms. The zero-order valence-electron chi connectivity index (χ0n) is 14.1. The van der Waals surface area contributed by atoms with Crippen molar-refractivity contribution < 1.29 is 12.8 Å². The van der Waals surface area contributed by atoms with Crippen LogP contribution in [0.3, 0.4) is 0 Å². The van der Waals surface area contributed by atoms with Crippen molar-refractivity contribution in [3.05, 3.63) is 63.9 Å². The Bertz CT molecular complexity index is 969. The van der Waals surface area contributed by atoms with E-state index >= 15 is 0 Å². The third kappa shape index (κ3) is 4.26. The standard InChI is InChI=1S/C18H16Cl2FN3O2S/c19-16-6-5-15(11-17(16)20)27(25,26)24-9-7-23(8-10-24)18(12-22)13-1-3-14(21)4-2-13/h1-6,11,18H,7-10H2/t18-/m0/s1. The SMILES string of the molecule is N#C[C@@H](c1ccc(F)cc1)N1CCN(S(=O)(=O)c2ccc(Cl)c(Cl)c2)CC1. The highest BCUT2D eigenvalue weighted by Gasteiger charge is 2.31. The van der Waals surface area contributed by atoms with Crippen LogP contribution < -0.4 is 0 Å². The summed E-state index contributed by atoms with van der Waals surface area (Å²) in [6, 6.07) is 11.6. The normalized spacial score (nSPS) is 17.4. The number of hydrogen-bond donors (Lipinski definition) is 0. The molecule has 0 unspecified atom stereocenters. The van der Waals surface area contributed by atoms with Crippen LogP contribution in [0.25, 0.3) is 0 Å². The number of nitriles is 1. The Labute approximate surface area is 167 Å². The van der Waals surface area contributed by atoms with Gasteiger partial charge in [-0.2, -0.15) is 9.57 Å². The number of rotatable bonds is 4. The van der Waals surface area contributed by atoms with Crippen LogP contribution >= 0.6 is 23.2 Å². The lowest BCUT2D eigenvalue weighted by Gasteiger charge is -2.36. The summed E-state index contributed by atoms with van der Waals surface area (Å²) < 4.78 is 40.1. The topological polar surface area (TPSA) is 64.4 Å². The molecular weight excluding hydrogens is 412 g/mol. The maximum Gasteiger partial charge on any atom is 0.243 e. The molecule has 142 valence electrons. The fourth-order valence-corrected chi connectivity index (χ4v) is 4.81. The molecule has 0 amide bonds. The molecular formula is C18H16Cl2FN3O2S. The Morgan fingerprint density at radius 1 is 1.00 bits per heavy atom. The zero-order chi connectivity index (χ0) is 19.6. The van der Waals surface area contributed by atoms with Crippen molar-refractivity contribution in [2.45, 2.75) is 10.9 Å². The smallest absolute Gasteiger partial charge is 0.243 e. The second-order valence-corrected chi connectivity index (χ2v) is 8.85. The van der Waals surface area contributed by atoms with Crippen LogP contribution in [-0.4, -0.2) is 43.8 Å². The van der Waals surface area contributed by atoms with Gasteiger partial charge in [-0.1, -0.05) is 35.3 Å². The van der Waals surface area contributed by atoms with Gasteiger partial charge < -0.3 is 0 Å². The van der Waals surface area contributed by atoms with Crippen LogP contribution in [0.2, 0.25) is 10.0 Å². The molecule has 0 bridgehead atoms. The Hall–Kier alpha value is -1.69. The van der Waals surface area contributed by atoms with Crippen molar-refractivity contribution in [2.75, 3.05) is 26.2 Å². The van der Waals surface area contributed by atoms with Crippen LogP contribution in [0, 0.1) is 17.1 Å². The van der Waals surface area contributed by atoms with Crippen LogP contribution in [0.4, 0.5) is 4.39 Å². The molecule has 1 saturated heterocycles. The summed E-state index contributed by atoms with van der Waals surface area (Å²) in [7, 11) is -3.70. The predicted octanol–water partition coefficient (Wildman–Crippen LogP) is 3.70. The molecule has 0 N–H and O–H groups in total. The molecule has 1 fully saturated rings. The van der Waals surface area contributed by atoms with E-state index in [1.807, 2.05) is 4.90 Å². The Morgan fingerprint density at radius 3 is 2.19 bits per heavy atom. The number of piperazine rings is 1. The van der Waals surface area contributed by atoms with E-state index in [4.69, 9.17) is 23.2 Å². The van der Waals surface area contributed by atoms with Crippen molar-refractivity contribution in [1.29, 1.82) is 5.26 Å². The molecule has 0 spiro atoms. The summed E-state index contributed by atoms with van der Waals surface area (Å²) in [6.07, 6.45) is 0. The van der Waals surface area contributed by atoms with Crippen LogP contribution in [0.5, 0.6) is 0 Å². The Balaban J connectivity index is 1.73. The van der Waals surface area contributed by atoms with Gasteiger partial charge in [-0.15, -0.1) is 0 Å². The van der Waals surface area contributed by atoms with Gasteiger partial charge in [0.25, 0.3) is 0 Å². The lowest BCUT2D eigenvalue weighted by Crippen LogP contribution is -2.49. The lowest BCUT2D eigenvalue weighted by molar-refractivity contribution is 0.162. The minimum atomic E-state index is -3.70. The minimum absolute atomic E-state index is 0.0840. The first-order valence-corrected chi connectivity index (χ1v) is 10.4. The van der Waals surface area contributed by atoms with Gasteiger partial charge in [0.05, 0.1) is 21.0 Å². The predicted molar refractivity (Wildman–Crippen MR) is 102 cm³/mol. The molecule has 1 heterocycles. The highest BCUT2D eigenvalue weighted by Crippen LogP contribution is 2.28. The third-order valence-corrected chi connectivity index (χ3v) is 7.11. The van der Waals surface area contributed by atoms with Crippen LogP contribution in [0.15, 0.2) is 47.4 Å². The molecule has 1 aliphatic heterocycles. The van der Waals surface area contributed by atoms with E-state index < -0.39 is 16.1 Å².